The molecule has 10 heteroatoms. The van der Waals surface area contributed by atoms with E-state index in [0.29, 0.717) is 25.5 Å². The molecule has 1 saturated heterocycles. The highest BCUT2D eigenvalue weighted by atomic mass is 35.5. The van der Waals surface area contributed by atoms with E-state index in [0.717, 1.165) is 16.4 Å². The molecule has 1 aliphatic rings. The van der Waals surface area contributed by atoms with Crippen LogP contribution in [-0.4, -0.2) is 38.3 Å². The van der Waals surface area contributed by atoms with E-state index in [4.69, 9.17) is 11.6 Å². The number of hydrogen-bond acceptors (Lipinski definition) is 3. The van der Waals surface area contributed by atoms with Gasteiger partial charge in [-0.15, -0.1) is 0 Å². The Labute approximate surface area is 149 Å². The van der Waals surface area contributed by atoms with Crippen LogP contribution in [0.15, 0.2) is 23.1 Å². The second-order valence-corrected chi connectivity index (χ2v) is 8.06. The SMILES string of the molecule is CCNC(=O)C1CCN(S(=O)(=O)c2ccc(Cl)c(C(F)(F)F)c2)CC1. The number of rotatable bonds is 4. The standard InChI is InChI=1S/C15H18ClF3N2O3S/c1-2-20-14(22)10-5-7-21(8-6-10)25(23,24)11-3-4-13(16)12(9-11)15(17,18)19/h3-4,9-10H,2,5-8H2,1H3,(H,20,22). The number of hydrogen-bond donors (Lipinski definition) is 1. The summed E-state index contributed by atoms with van der Waals surface area (Å²) in [5.41, 5.74) is -1.19. The van der Waals surface area contributed by atoms with Crippen LogP contribution in [-0.2, 0) is 21.0 Å². The topological polar surface area (TPSA) is 66.5 Å². The third-order valence-electron chi connectivity index (χ3n) is 4.06. The number of carbonyl (C=O) groups is 1. The Morgan fingerprint density at radius 1 is 1.32 bits per heavy atom. The molecule has 1 aliphatic heterocycles. The van der Waals surface area contributed by atoms with Crippen LogP contribution in [0.2, 0.25) is 5.02 Å². The molecule has 1 amide bonds. The predicted molar refractivity (Wildman–Crippen MR) is 86.6 cm³/mol. The van der Waals surface area contributed by atoms with Gasteiger partial charge in [0.25, 0.3) is 0 Å². The van der Waals surface area contributed by atoms with Gasteiger partial charge in [-0.1, -0.05) is 11.6 Å². The van der Waals surface area contributed by atoms with Crippen LogP contribution in [0.4, 0.5) is 13.2 Å². The number of carbonyl (C=O) groups excluding carboxylic acids is 1. The predicted octanol–water partition coefficient (Wildman–Crippen LogP) is 2.90. The van der Waals surface area contributed by atoms with Crippen molar-refractivity contribution in [2.45, 2.75) is 30.8 Å². The maximum Gasteiger partial charge on any atom is 0.417 e. The smallest absolute Gasteiger partial charge is 0.356 e. The summed E-state index contributed by atoms with van der Waals surface area (Å²) in [6.45, 7) is 2.43. The highest BCUT2D eigenvalue weighted by molar-refractivity contribution is 7.89. The van der Waals surface area contributed by atoms with Gasteiger partial charge in [0.05, 0.1) is 15.5 Å². The summed E-state index contributed by atoms with van der Waals surface area (Å²) in [5.74, 6) is -0.423. The normalized spacial score (nSPS) is 17.5. The molecule has 2 rings (SSSR count). The summed E-state index contributed by atoms with van der Waals surface area (Å²) < 4.78 is 65.1. The van der Waals surface area contributed by atoms with Crippen molar-refractivity contribution in [2.75, 3.05) is 19.6 Å². The molecule has 0 aliphatic carbocycles. The minimum absolute atomic E-state index is 0.0775. The molecule has 0 radical (unpaired) electrons. The molecule has 0 unspecified atom stereocenters. The summed E-state index contributed by atoms with van der Waals surface area (Å²) in [4.78, 5) is 11.3. The van der Waals surface area contributed by atoms with E-state index in [1.807, 2.05) is 0 Å². The lowest BCUT2D eigenvalue weighted by Gasteiger charge is -2.30. The summed E-state index contributed by atoms with van der Waals surface area (Å²) in [7, 11) is -4.08. The lowest BCUT2D eigenvalue weighted by molar-refractivity contribution is -0.137. The molecule has 1 N–H and O–H groups in total. The summed E-state index contributed by atoms with van der Waals surface area (Å²) in [5, 5.41) is 2.13. The second-order valence-electron chi connectivity index (χ2n) is 5.71. The average molecular weight is 399 g/mol. The molecule has 0 atom stereocenters. The van der Waals surface area contributed by atoms with Gasteiger partial charge >= 0.3 is 6.18 Å². The number of sulfonamides is 1. The van der Waals surface area contributed by atoms with Crippen molar-refractivity contribution in [2.24, 2.45) is 5.92 Å². The van der Waals surface area contributed by atoms with Gasteiger partial charge in [-0.05, 0) is 38.0 Å². The molecule has 25 heavy (non-hydrogen) atoms. The van der Waals surface area contributed by atoms with Gasteiger partial charge in [0, 0.05) is 25.6 Å². The molecule has 0 bridgehead atoms. The highest BCUT2D eigenvalue weighted by Gasteiger charge is 2.36. The Bertz CT molecular complexity index is 745. The van der Waals surface area contributed by atoms with Crippen molar-refractivity contribution in [3.63, 3.8) is 0 Å². The fourth-order valence-corrected chi connectivity index (χ4v) is 4.43. The number of alkyl halides is 3. The summed E-state index contributed by atoms with van der Waals surface area (Å²) in [6, 6.07) is 2.54. The molecule has 1 heterocycles. The average Bonchev–Trinajstić information content (AvgIpc) is 2.54. The Morgan fingerprint density at radius 3 is 2.44 bits per heavy atom. The maximum atomic E-state index is 12.9. The first-order valence-corrected chi connectivity index (χ1v) is 9.53. The van der Waals surface area contributed by atoms with E-state index in [9.17, 15) is 26.4 Å². The zero-order valence-corrected chi connectivity index (χ0v) is 15.0. The Kier molecular flexibility index (Phi) is 6.01. The third kappa shape index (κ3) is 4.45. The number of nitrogens with zero attached hydrogens (tertiary/aromatic N) is 1. The summed E-state index contributed by atoms with van der Waals surface area (Å²) >= 11 is 5.53. The minimum atomic E-state index is -4.74. The first-order valence-electron chi connectivity index (χ1n) is 7.72. The van der Waals surface area contributed by atoms with Crippen LogP contribution < -0.4 is 5.32 Å². The van der Waals surface area contributed by atoms with E-state index >= 15 is 0 Å². The van der Waals surface area contributed by atoms with Crippen molar-refractivity contribution in [1.82, 2.24) is 9.62 Å². The van der Waals surface area contributed by atoms with Crippen LogP contribution in [0.1, 0.15) is 25.3 Å². The number of amides is 1. The van der Waals surface area contributed by atoms with Crippen LogP contribution in [0.3, 0.4) is 0 Å². The third-order valence-corrected chi connectivity index (χ3v) is 6.28. The van der Waals surface area contributed by atoms with Gasteiger partial charge in [0.1, 0.15) is 0 Å². The molecule has 1 aromatic carbocycles. The van der Waals surface area contributed by atoms with Crippen LogP contribution in [0.5, 0.6) is 0 Å². The zero-order valence-electron chi connectivity index (χ0n) is 13.4. The molecule has 140 valence electrons. The molecule has 0 saturated carbocycles. The molecule has 0 spiro atoms. The van der Waals surface area contributed by atoms with Gasteiger partial charge in [-0.25, -0.2) is 8.42 Å². The van der Waals surface area contributed by atoms with Gasteiger partial charge in [-0.3, -0.25) is 4.79 Å². The fourth-order valence-electron chi connectivity index (χ4n) is 2.71. The van der Waals surface area contributed by atoms with E-state index in [1.54, 1.807) is 6.92 Å². The van der Waals surface area contributed by atoms with Crippen molar-refractivity contribution in [3.8, 4) is 0 Å². The summed E-state index contributed by atoms with van der Waals surface area (Å²) in [6.07, 6.45) is -4.09. The first-order chi connectivity index (χ1) is 11.6. The molecule has 5 nitrogen and oxygen atoms in total. The number of halogens is 4. The van der Waals surface area contributed by atoms with Gasteiger partial charge in [0.2, 0.25) is 15.9 Å². The molecular formula is C15H18ClF3N2O3S. The fraction of sp³-hybridized carbons (Fsp3) is 0.533. The van der Waals surface area contributed by atoms with Crippen LogP contribution in [0.25, 0.3) is 0 Å². The van der Waals surface area contributed by atoms with E-state index in [2.05, 4.69) is 5.32 Å². The van der Waals surface area contributed by atoms with E-state index < -0.39 is 31.7 Å². The number of nitrogens with one attached hydrogen (secondary N) is 1. The number of piperidine rings is 1. The molecule has 1 fully saturated rings. The van der Waals surface area contributed by atoms with Crippen LogP contribution >= 0.6 is 11.6 Å². The monoisotopic (exact) mass is 398 g/mol. The largest absolute Gasteiger partial charge is 0.417 e. The Balaban J connectivity index is 2.19. The van der Waals surface area contributed by atoms with Gasteiger partial charge in [-0.2, -0.15) is 17.5 Å². The van der Waals surface area contributed by atoms with E-state index in [-0.39, 0.29) is 24.9 Å². The lowest BCUT2D eigenvalue weighted by Crippen LogP contribution is -2.43. The van der Waals surface area contributed by atoms with Crippen molar-refractivity contribution in [3.05, 3.63) is 28.8 Å². The van der Waals surface area contributed by atoms with Crippen molar-refractivity contribution < 1.29 is 26.4 Å². The molecule has 0 aromatic heterocycles. The molecule has 1 aromatic rings. The lowest BCUT2D eigenvalue weighted by atomic mass is 9.97. The second kappa shape index (κ2) is 7.51. The molecular weight excluding hydrogens is 381 g/mol. The quantitative estimate of drug-likeness (QED) is 0.848. The van der Waals surface area contributed by atoms with Crippen LogP contribution in [0, 0.1) is 5.92 Å². The van der Waals surface area contributed by atoms with Gasteiger partial charge < -0.3 is 5.32 Å². The van der Waals surface area contributed by atoms with Crippen molar-refractivity contribution in [1.29, 1.82) is 0 Å². The zero-order chi connectivity index (χ0) is 18.8. The maximum absolute atomic E-state index is 12.9. The highest BCUT2D eigenvalue weighted by Crippen LogP contribution is 2.36. The first kappa shape index (κ1) is 20.0. The number of benzene rings is 1. The minimum Gasteiger partial charge on any atom is -0.356 e. The Morgan fingerprint density at radius 2 is 1.92 bits per heavy atom. The van der Waals surface area contributed by atoms with Gasteiger partial charge in [0.15, 0.2) is 0 Å². The van der Waals surface area contributed by atoms with Crippen molar-refractivity contribution >= 4 is 27.5 Å². The van der Waals surface area contributed by atoms with E-state index in [1.165, 1.54) is 0 Å². The Hall–Kier alpha value is -1.32.